The van der Waals surface area contributed by atoms with Gasteiger partial charge < -0.3 is 4.74 Å². The number of benzene rings is 1. The summed E-state index contributed by atoms with van der Waals surface area (Å²) in [5.74, 6) is 1.26. The molecule has 0 N–H and O–H groups in total. The first-order chi connectivity index (χ1) is 10.2. The molecule has 1 amide bonds. The van der Waals surface area contributed by atoms with E-state index in [2.05, 4.69) is 9.98 Å². The van der Waals surface area contributed by atoms with Crippen molar-refractivity contribution in [2.45, 2.75) is 6.92 Å². The van der Waals surface area contributed by atoms with E-state index in [1.165, 1.54) is 16.2 Å². The third kappa shape index (κ3) is 2.57. The molecule has 0 saturated carbocycles. The average molecular weight is 299 g/mol. The Morgan fingerprint density at radius 3 is 2.67 bits per heavy atom. The number of nitrogens with zero attached hydrogens (tertiary/aromatic N) is 3. The first-order valence-electron chi connectivity index (χ1n) is 6.34. The molecule has 0 spiro atoms. The largest absolute Gasteiger partial charge is 0.497 e. The third-order valence-electron chi connectivity index (χ3n) is 3.06. The molecule has 21 heavy (non-hydrogen) atoms. The van der Waals surface area contributed by atoms with Crippen molar-refractivity contribution in [1.29, 1.82) is 0 Å². The number of amidine groups is 1. The zero-order valence-corrected chi connectivity index (χ0v) is 12.4. The van der Waals surface area contributed by atoms with Crippen LogP contribution >= 0.6 is 11.3 Å². The quantitative estimate of drug-likeness (QED) is 0.819. The highest BCUT2D eigenvalue weighted by Gasteiger charge is 2.30. The van der Waals surface area contributed by atoms with Gasteiger partial charge in [0.25, 0.3) is 5.91 Å². The maximum atomic E-state index is 12.4. The molecule has 0 fully saturated rings. The van der Waals surface area contributed by atoms with Gasteiger partial charge in [-0.2, -0.15) is 0 Å². The minimum absolute atomic E-state index is 0.154. The molecule has 0 atom stereocenters. The van der Waals surface area contributed by atoms with Crippen LogP contribution in [0.1, 0.15) is 12.5 Å². The lowest BCUT2D eigenvalue weighted by Crippen LogP contribution is -2.29. The molecular formula is C15H13N3O2S. The van der Waals surface area contributed by atoms with Gasteiger partial charge >= 0.3 is 0 Å². The summed E-state index contributed by atoms with van der Waals surface area (Å²) < 4.78 is 5.11. The summed E-state index contributed by atoms with van der Waals surface area (Å²) in [6, 6.07) is 7.47. The molecule has 1 aliphatic rings. The fourth-order valence-electron chi connectivity index (χ4n) is 2.04. The van der Waals surface area contributed by atoms with Gasteiger partial charge in [-0.25, -0.2) is 14.9 Å². The van der Waals surface area contributed by atoms with Crippen LogP contribution in [0, 0.1) is 0 Å². The van der Waals surface area contributed by atoms with E-state index in [-0.39, 0.29) is 5.91 Å². The van der Waals surface area contributed by atoms with Gasteiger partial charge in [-0.3, -0.25) is 4.79 Å². The Morgan fingerprint density at radius 1 is 1.29 bits per heavy atom. The highest BCUT2D eigenvalue weighted by Crippen LogP contribution is 2.26. The molecule has 1 aromatic carbocycles. The standard InChI is InChI=1S/C15H13N3O2S/c1-10-17-13(9-11-3-5-12(20-2)6-4-11)14(19)18(10)15-16-7-8-21-15/h3-9H,1-2H3. The van der Waals surface area contributed by atoms with Crippen LogP contribution in [0.2, 0.25) is 0 Å². The normalized spacial score (nSPS) is 16.5. The van der Waals surface area contributed by atoms with Crippen molar-refractivity contribution < 1.29 is 9.53 Å². The number of anilines is 1. The SMILES string of the molecule is COc1ccc(C=C2N=C(C)N(c3nccs3)C2=O)cc1. The van der Waals surface area contributed by atoms with Gasteiger partial charge in [0.2, 0.25) is 0 Å². The van der Waals surface area contributed by atoms with Crippen LogP contribution in [0.25, 0.3) is 6.08 Å². The molecular weight excluding hydrogens is 286 g/mol. The maximum absolute atomic E-state index is 12.4. The first kappa shape index (κ1) is 13.5. The summed E-state index contributed by atoms with van der Waals surface area (Å²) in [5, 5.41) is 2.47. The monoisotopic (exact) mass is 299 g/mol. The third-order valence-corrected chi connectivity index (χ3v) is 3.81. The van der Waals surface area contributed by atoms with E-state index in [0.29, 0.717) is 16.7 Å². The Labute approximate surface area is 126 Å². The number of hydrogen-bond acceptors (Lipinski definition) is 5. The highest BCUT2D eigenvalue weighted by molar-refractivity contribution is 7.14. The van der Waals surface area contributed by atoms with Gasteiger partial charge in [0.05, 0.1) is 7.11 Å². The average Bonchev–Trinajstić information content (AvgIpc) is 3.09. The van der Waals surface area contributed by atoms with Crippen molar-refractivity contribution in [2.75, 3.05) is 12.0 Å². The Kier molecular flexibility index (Phi) is 3.53. The molecule has 1 aliphatic heterocycles. The van der Waals surface area contributed by atoms with Crippen molar-refractivity contribution in [2.24, 2.45) is 4.99 Å². The van der Waals surface area contributed by atoms with Gasteiger partial charge in [-0.05, 0) is 30.7 Å². The van der Waals surface area contributed by atoms with Crippen molar-refractivity contribution in [3.05, 3.63) is 47.1 Å². The maximum Gasteiger partial charge on any atom is 0.284 e. The van der Waals surface area contributed by atoms with E-state index in [0.717, 1.165) is 11.3 Å². The lowest BCUT2D eigenvalue weighted by Gasteiger charge is -2.11. The zero-order valence-electron chi connectivity index (χ0n) is 11.6. The van der Waals surface area contributed by atoms with Gasteiger partial charge in [0.1, 0.15) is 17.3 Å². The molecule has 1 aromatic heterocycles. The van der Waals surface area contributed by atoms with Crippen LogP contribution in [-0.2, 0) is 4.79 Å². The molecule has 106 valence electrons. The van der Waals surface area contributed by atoms with Gasteiger partial charge in [-0.15, -0.1) is 11.3 Å². The highest BCUT2D eigenvalue weighted by atomic mass is 32.1. The fourth-order valence-corrected chi connectivity index (χ4v) is 2.72. The van der Waals surface area contributed by atoms with E-state index < -0.39 is 0 Å². The molecule has 0 unspecified atom stereocenters. The molecule has 0 radical (unpaired) electrons. The van der Waals surface area contributed by atoms with E-state index in [4.69, 9.17) is 4.74 Å². The van der Waals surface area contributed by atoms with Crippen LogP contribution in [0.15, 0.2) is 46.5 Å². The zero-order chi connectivity index (χ0) is 14.8. The van der Waals surface area contributed by atoms with Crippen LogP contribution < -0.4 is 9.64 Å². The molecule has 3 rings (SSSR count). The van der Waals surface area contributed by atoms with E-state index in [1.807, 2.05) is 29.6 Å². The lowest BCUT2D eigenvalue weighted by molar-refractivity contribution is -0.113. The Balaban J connectivity index is 1.89. The van der Waals surface area contributed by atoms with E-state index in [1.54, 1.807) is 26.3 Å². The summed E-state index contributed by atoms with van der Waals surface area (Å²) in [4.78, 5) is 22.5. The van der Waals surface area contributed by atoms with Crippen LogP contribution in [-0.4, -0.2) is 23.8 Å². The second kappa shape index (κ2) is 5.49. The molecule has 0 saturated heterocycles. The number of amides is 1. The number of ether oxygens (including phenoxy) is 1. The predicted octanol–water partition coefficient (Wildman–Crippen LogP) is 2.96. The summed E-state index contributed by atoms with van der Waals surface area (Å²) in [5.41, 5.74) is 1.31. The summed E-state index contributed by atoms with van der Waals surface area (Å²) >= 11 is 1.41. The van der Waals surface area contributed by atoms with Crippen molar-refractivity contribution >= 4 is 34.3 Å². The minimum Gasteiger partial charge on any atom is -0.497 e. The van der Waals surface area contributed by atoms with E-state index in [9.17, 15) is 4.79 Å². The number of rotatable bonds is 3. The first-order valence-corrected chi connectivity index (χ1v) is 7.22. The second-order valence-corrected chi connectivity index (χ2v) is 5.29. The lowest BCUT2D eigenvalue weighted by atomic mass is 10.2. The number of hydrogen-bond donors (Lipinski definition) is 0. The summed E-state index contributed by atoms with van der Waals surface area (Å²) in [7, 11) is 1.62. The van der Waals surface area contributed by atoms with Gasteiger partial charge in [0.15, 0.2) is 5.13 Å². The van der Waals surface area contributed by atoms with Crippen LogP contribution in [0.4, 0.5) is 5.13 Å². The molecule has 5 nitrogen and oxygen atoms in total. The summed E-state index contributed by atoms with van der Waals surface area (Å²) in [6.07, 6.45) is 3.44. The van der Waals surface area contributed by atoms with Gasteiger partial charge in [0, 0.05) is 11.6 Å². The van der Waals surface area contributed by atoms with Crippen molar-refractivity contribution in [1.82, 2.24) is 4.98 Å². The Hall–Kier alpha value is -2.47. The second-order valence-electron chi connectivity index (χ2n) is 4.42. The topological polar surface area (TPSA) is 54.8 Å². The summed E-state index contributed by atoms with van der Waals surface area (Å²) in [6.45, 7) is 1.80. The van der Waals surface area contributed by atoms with Crippen molar-refractivity contribution in [3.63, 3.8) is 0 Å². The number of methoxy groups -OCH3 is 1. The van der Waals surface area contributed by atoms with Crippen LogP contribution in [0.3, 0.4) is 0 Å². The molecule has 2 heterocycles. The number of carbonyl (C=O) groups excluding carboxylic acids is 1. The van der Waals surface area contributed by atoms with E-state index >= 15 is 0 Å². The number of thiazole rings is 1. The van der Waals surface area contributed by atoms with Crippen LogP contribution in [0.5, 0.6) is 5.75 Å². The number of carbonyl (C=O) groups is 1. The van der Waals surface area contributed by atoms with Crippen molar-refractivity contribution in [3.8, 4) is 5.75 Å². The number of aliphatic imine (C=N–C) groups is 1. The number of aromatic nitrogens is 1. The molecule has 0 bridgehead atoms. The predicted molar refractivity (Wildman–Crippen MR) is 83.7 cm³/mol. The molecule has 0 aliphatic carbocycles. The minimum atomic E-state index is -0.154. The Morgan fingerprint density at radius 2 is 2.05 bits per heavy atom. The smallest absolute Gasteiger partial charge is 0.284 e. The van der Waals surface area contributed by atoms with Gasteiger partial charge in [-0.1, -0.05) is 12.1 Å². The Bertz CT molecular complexity index is 718. The fraction of sp³-hybridized carbons (Fsp3) is 0.133. The molecule has 2 aromatic rings. The molecule has 6 heteroatoms.